The molecular weight excluding hydrogens is 478 g/mol. The number of halogens is 7. The molecule has 1 aliphatic rings. The number of benzene rings is 1. The lowest BCUT2D eigenvalue weighted by molar-refractivity contribution is -0.143. The number of aromatic nitrogens is 3. The van der Waals surface area contributed by atoms with Gasteiger partial charge in [0, 0.05) is 38.1 Å². The molecule has 33 heavy (non-hydrogen) atoms. The van der Waals surface area contributed by atoms with E-state index in [1.165, 1.54) is 12.3 Å². The number of anilines is 3. The van der Waals surface area contributed by atoms with E-state index in [1.54, 1.807) is 4.90 Å². The number of piperazine rings is 1. The monoisotopic (exact) mass is 494 g/mol. The summed E-state index contributed by atoms with van der Waals surface area (Å²) < 4.78 is 79.3. The van der Waals surface area contributed by atoms with Gasteiger partial charge in [-0.1, -0.05) is 0 Å². The van der Waals surface area contributed by atoms with E-state index in [4.69, 9.17) is 0 Å². The van der Waals surface area contributed by atoms with Gasteiger partial charge in [0.15, 0.2) is 0 Å². The van der Waals surface area contributed by atoms with Crippen LogP contribution in [0.5, 0.6) is 0 Å². The minimum absolute atomic E-state index is 0. The second-order valence-corrected chi connectivity index (χ2v) is 7.10. The van der Waals surface area contributed by atoms with Crippen molar-refractivity contribution in [2.75, 3.05) is 36.4 Å². The smallest absolute Gasteiger partial charge is 0.339 e. The summed E-state index contributed by atoms with van der Waals surface area (Å²) in [6.07, 6.45) is -8.67. The number of hydrogen-bond donors (Lipinski definition) is 3. The number of pyridine rings is 1. The third-order valence-electron chi connectivity index (χ3n) is 4.86. The standard InChI is InChI=1S/C19H16F6N6O.ClH/c20-18(21,22)10-7-11(19(23,24)25)9-12(8-10)28-15-14-13(1-2-27-16(14)32)29-17(30-15)31-5-3-26-4-6-31;/h1-2,7-9,26H,3-6H2,(H,27,32)(H,28,29,30);1H. The molecule has 0 saturated carbocycles. The quantitative estimate of drug-likeness (QED) is 0.478. The molecule has 0 aliphatic carbocycles. The highest BCUT2D eigenvalue weighted by molar-refractivity contribution is 5.91. The van der Waals surface area contributed by atoms with E-state index in [0.29, 0.717) is 38.3 Å². The van der Waals surface area contributed by atoms with Gasteiger partial charge >= 0.3 is 12.4 Å². The van der Waals surface area contributed by atoms with E-state index in [1.807, 2.05) is 0 Å². The topological polar surface area (TPSA) is 85.9 Å². The van der Waals surface area contributed by atoms with Gasteiger partial charge in [0.25, 0.3) is 5.56 Å². The van der Waals surface area contributed by atoms with Crippen LogP contribution in [0, 0.1) is 0 Å². The fraction of sp³-hybridized carbons (Fsp3) is 0.316. The second-order valence-electron chi connectivity index (χ2n) is 7.10. The van der Waals surface area contributed by atoms with Crippen molar-refractivity contribution in [2.24, 2.45) is 0 Å². The fourth-order valence-electron chi connectivity index (χ4n) is 3.34. The number of aromatic amines is 1. The Morgan fingerprint density at radius 1 is 0.939 bits per heavy atom. The normalized spacial score (nSPS) is 14.8. The van der Waals surface area contributed by atoms with Gasteiger partial charge in [0.2, 0.25) is 5.95 Å². The van der Waals surface area contributed by atoms with Gasteiger partial charge in [-0.2, -0.15) is 31.3 Å². The molecule has 178 valence electrons. The summed E-state index contributed by atoms with van der Waals surface area (Å²) >= 11 is 0. The van der Waals surface area contributed by atoms with Gasteiger partial charge in [-0.15, -0.1) is 12.4 Å². The van der Waals surface area contributed by atoms with Gasteiger partial charge in [0.05, 0.1) is 16.6 Å². The van der Waals surface area contributed by atoms with Gasteiger partial charge in [-0.05, 0) is 24.3 Å². The summed E-state index contributed by atoms with van der Waals surface area (Å²) in [7, 11) is 0. The van der Waals surface area contributed by atoms with E-state index >= 15 is 0 Å². The van der Waals surface area contributed by atoms with Crippen LogP contribution in [0.3, 0.4) is 0 Å². The molecule has 1 aliphatic heterocycles. The number of nitrogens with one attached hydrogen (secondary N) is 3. The van der Waals surface area contributed by atoms with Crippen LogP contribution in [0.4, 0.5) is 43.8 Å². The minimum atomic E-state index is -5.01. The maximum Gasteiger partial charge on any atom is 0.416 e. The van der Waals surface area contributed by atoms with Gasteiger partial charge < -0.3 is 20.5 Å². The van der Waals surface area contributed by atoms with Crippen molar-refractivity contribution in [3.8, 4) is 0 Å². The Bertz CT molecular complexity index is 1170. The molecule has 0 spiro atoms. The zero-order chi connectivity index (χ0) is 23.1. The van der Waals surface area contributed by atoms with Crippen LogP contribution in [0.15, 0.2) is 35.3 Å². The molecule has 0 atom stereocenters. The first-order chi connectivity index (χ1) is 15.0. The molecule has 0 unspecified atom stereocenters. The first-order valence-electron chi connectivity index (χ1n) is 9.44. The summed E-state index contributed by atoms with van der Waals surface area (Å²) in [4.78, 5) is 25.2. The summed E-state index contributed by atoms with van der Waals surface area (Å²) in [5, 5.41) is 5.54. The molecule has 1 aromatic carbocycles. The average Bonchev–Trinajstić information content (AvgIpc) is 2.73. The molecule has 3 aromatic rings. The summed E-state index contributed by atoms with van der Waals surface area (Å²) in [6, 6.07) is 2.57. The summed E-state index contributed by atoms with van der Waals surface area (Å²) in [5.41, 5.74) is -3.92. The van der Waals surface area contributed by atoms with Crippen molar-refractivity contribution in [1.29, 1.82) is 0 Å². The SMILES string of the molecule is Cl.O=c1[nH]ccc2nc(N3CCNCC3)nc(Nc3cc(C(F)(F)F)cc(C(F)(F)F)c3)c12. The Morgan fingerprint density at radius 3 is 2.12 bits per heavy atom. The highest BCUT2D eigenvalue weighted by Crippen LogP contribution is 2.38. The number of rotatable bonds is 3. The molecule has 3 heterocycles. The Balaban J connectivity index is 0.00000306. The van der Waals surface area contributed by atoms with Gasteiger partial charge in [-0.3, -0.25) is 4.79 Å². The molecular formula is C19H17ClF6N6O. The lowest BCUT2D eigenvalue weighted by Gasteiger charge is -2.28. The molecule has 0 bridgehead atoms. The van der Waals surface area contributed by atoms with Crippen LogP contribution in [-0.2, 0) is 12.4 Å². The fourth-order valence-corrected chi connectivity index (χ4v) is 3.34. The number of fused-ring (bicyclic) bond motifs is 1. The van der Waals surface area contributed by atoms with Crippen LogP contribution < -0.4 is 21.1 Å². The molecule has 0 amide bonds. The minimum Gasteiger partial charge on any atom is -0.339 e. The van der Waals surface area contributed by atoms with E-state index in [0.717, 1.165) is 0 Å². The lowest BCUT2D eigenvalue weighted by Crippen LogP contribution is -2.44. The van der Waals surface area contributed by atoms with Crippen LogP contribution in [0.2, 0.25) is 0 Å². The third-order valence-corrected chi connectivity index (χ3v) is 4.86. The first-order valence-corrected chi connectivity index (χ1v) is 9.44. The molecule has 1 saturated heterocycles. The molecule has 0 radical (unpaired) electrons. The van der Waals surface area contributed by atoms with Crippen molar-refractivity contribution in [3.63, 3.8) is 0 Å². The predicted octanol–water partition coefficient (Wildman–Crippen LogP) is 3.93. The molecule has 14 heteroatoms. The molecule has 3 N–H and O–H groups in total. The van der Waals surface area contributed by atoms with Gasteiger partial charge in [-0.25, -0.2) is 4.98 Å². The van der Waals surface area contributed by atoms with Gasteiger partial charge in [0.1, 0.15) is 11.2 Å². The van der Waals surface area contributed by atoms with E-state index in [2.05, 4.69) is 25.6 Å². The van der Waals surface area contributed by atoms with Crippen molar-refractivity contribution < 1.29 is 26.3 Å². The molecule has 7 nitrogen and oxygen atoms in total. The number of nitrogens with zero attached hydrogens (tertiary/aromatic N) is 3. The first kappa shape index (κ1) is 24.6. The van der Waals surface area contributed by atoms with E-state index in [-0.39, 0.29) is 41.1 Å². The zero-order valence-electron chi connectivity index (χ0n) is 16.6. The maximum absolute atomic E-state index is 13.2. The Hall–Kier alpha value is -3.06. The molecule has 2 aromatic heterocycles. The second kappa shape index (κ2) is 9.06. The number of H-pyrrole nitrogens is 1. The van der Waals surface area contributed by atoms with E-state index in [9.17, 15) is 31.1 Å². The van der Waals surface area contributed by atoms with E-state index < -0.39 is 34.7 Å². The zero-order valence-corrected chi connectivity index (χ0v) is 17.5. The highest BCUT2D eigenvalue weighted by atomic mass is 35.5. The average molecular weight is 495 g/mol. The number of hydrogen-bond acceptors (Lipinski definition) is 6. The van der Waals surface area contributed by atoms with Crippen molar-refractivity contribution in [2.45, 2.75) is 12.4 Å². The Labute approximate surface area is 188 Å². The van der Waals surface area contributed by atoms with Crippen molar-refractivity contribution in [1.82, 2.24) is 20.3 Å². The van der Waals surface area contributed by atoms with Crippen LogP contribution in [-0.4, -0.2) is 41.1 Å². The Kier molecular flexibility index (Phi) is 6.75. The van der Waals surface area contributed by atoms with Crippen molar-refractivity contribution >= 4 is 40.8 Å². The molecule has 1 fully saturated rings. The summed E-state index contributed by atoms with van der Waals surface area (Å²) in [6.45, 7) is 2.36. The van der Waals surface area contributed by atoms with Crippen LogP contribution in [0.25, 0.3) is 10.9 Å². The third kappa shape index (κ3) is 5.30. The highest BCUT2D eigenvalue weighted by Gasteiger charge is 2.37. The Morgan fingerprint density at radius 2 is 1.55 bits per heavy atom. The largest absolute Gasteiger partial charge is 0.416 e. The lowest BCUT2D eigenvalue weighted by atomic mass is 10.1. The van der Waals surface area contributed by atoms with Crippen LogP contribution in [0.1, 0.15) is 11.1 Å². The summed E-state index contributed by atoms with van der Waals surface area (Å²) in [5.74, 6) is 0.00736. The number of alkyl halides is 6. The predicted molar refractivity (Wildman–Crippen MR) is 112 cm³/mol. The molecule has 4 rings (SSSR count). The van der Waals surface area contributed by atoms with Crippen molar-refractivity contribution in [3.05, 3.63) is 51.9 Å². The van der Waals surface area contributed by atoms with Crippen LogP contribution >= 0.6 is 12.4 Å². The maximum atomic E-state index is 13.2.